The first kappa shape index (κ1) is 23.9. The lowest BCUT2D eigenvalue weighted by atomic mass is 9.71. The third-order valence-electron chi connectivity index (χ3n) is 6.00. The van der Waals surface area contributed by atoms with Gasteiger partial charge in [-0.15, -0.1) is 0 Å². The number of carbonyl (C=O) groups excluding carboxylic acids is 2. The second-order valence-electron chi connectivity index (χ2n) is 8.48. The molecule has 4 N–H and O–H groups in total. The lowest BCUT2D eigenvalue weighted by molar-refractivity contribution is -0.122. The maximum atomic E-state index is 13.8. The summed E-state index contributed by atoms with van der Waals surface area (Å²) in [4.78, 5) is 25.5. The fourth-order valence-corrected chi connectivity index (χ4v) is 4.29. The van der Waals surface area contributed by atoms with Crippen LogP contribution < -0.4 is 10.6 Å². The number of halogens is 1. The maximum Gasteiger partial charge on any atom is 0.475 e. The largest absolute Gasteiger partial charge is 0.475 e. The maximum absolute atomic E-state index is 13.8. The third kappa shape index (κ3) is 7.17. The fourth-order valence-electron chi connectivity index (χ4n) is 4.29. The minimum Gasteiger partial charge on any atom is -0.426 e. The van der Waals surface area contributed by atoms with Crippen LogP contribution in [0.5, 0.6) is 0 Å². The van der Waals surface area contributed by atoms with Gasteiger partial charge < -0.3 is 20.7 Å². The molecule has 2 aromatic rings. The predicted octanol–water partition coefficient (Wildman–Crippen LogP) is 3.15. The van der Waals surface area contributed by atoms with E-state index in [-0.39, 0.29) is 12.3 Å². The van der Waals surface area contributed by atoms with E-state index >= 15 is 0 Å². The van der Waals surface area contributed by atoms with Gasteiger partial charge in [0.1, 0.15) is 5.82 Å². The molecular weight excluding hydrogens is 410 g/mol. The molecule has 1 aliphatic carbocycles. The number of carbonyl (C=O) groups is 2. The van der Waals surface area contributed by atoms with Crippen LogP contribution in [0.25, 0.3) is 0 Å². The van der Waals surface area contributed by atoms with Crippen LogP contribution in [0.3, 0.4) is 0 Å². The van der Waals surface area contributed by atoms with Crippen LogP contribution in [0.4, 0.5) is 4.39 Å². The number of hydrogen-bond donors (Lipinski definition) is 4. The minimum absolute atomic E-state index is 0.157. The Labute approximate surface area is 188 Å². The summed E-state index contributed by atoms with van der Waals surface area (Å²) in [6, 6.07) is 13.5. The zero-order valence-electron chi connectivity index (χ0n) is 18.0. The standard InChI is InChI=1S/C24H30BFN2O4/c26-20-13-7-12-19(15-20)21(27-24(30)18-10-5-2-6-11-18)16-23(29)28-22(25(31)32)14-17-8-3-1-4-9-17/h2,5-7,10-13,15,17,21-22,31-32H,1,3-4,8-9,14,16H2,(H,27,30)(H,28,29)/t21?,22-/m0/s1. The Balaban J connectivity index is 1.69. The molecule has 0 radical (unpaired) electrons. The van der Waals surface area contributed by atoms with E-state index in [0.29, 0.717) is 23.5 Å². The quantitative estimate of drug-likeness (QED) is 0.451. The van der Waals surface area contributed by atoms with Crippen LogP contribution in [-0.4, -0.2) is 34.9 Å². The summed E-state index contributed by atoms with van der Waals surface area (Å²) in [6.45, 7) is 0. The first-order chi connectivity index (χ1) is 15.4. The number of benzene rings is 2. The van der Waals surface area contributed by atoms with E-state index in [4.69, 9.17) is 0 Å². The van der Waals surface area contributed by atoms with Crippen LogP contribution in [0, 0.1) is 11.7 Å². The van der Waals surface area contributed by atoms with Crippen LogP contribution in [0.15, 0.2) is 54.6 Å². The van der Waals surface area contributed by atoms with E-state index in [9.17, 15) is 24.0 Å². The smallest absolute Gasteiger partial charge is 0.426 e. The van der Waals surface area contributed by atoms with Gasteiger partial charge in [-0.05, 0) is 42.2 Å². The molecule has 0 heterocycles. The SMILES string of the molecule is O=C(CC(NC(=O)c1ccccc1)c1cccc(F)c1)N[C@@H](CC1CCCCC1)B(O)O. The van der Waals surface area contributed by atoms with Crippen molar-refractivity contribution in [3.05, 3.63) is 71.5 Å². The monoisotopic (exact) mass is 440 g/mol. The highest BCUT2D eigenvalue weighted by atomic mass is 19.1. The van der Waals surface area contributed by atoms with Gasteiger partial charge in [0.15, 0.2) is 0 Å². The average Bonchev–Trinajstić information content (AvgIpc) is 2.79. The van der Waals surface area contributed by atoms with E-state index in [0.717, 1.165) is 25.7 Å². The number of hydrogen-bond acceptors (Lipinski definition) is 4. The molecule has 0 bridgehead atoms. The molecule has 1 saturated carbocycles. The van der Waals surface area contributed by atoms with Gasteiger partial charge in [-0.1, -0.05) is 62.4 Å². The summed E-state index contributed by atoms with van der Waals surface area (Å²) in [7, 11) is -1.67. The van der Waals surface area contributed by atoms with E-state index in [1.54, 1.807) is 36.4 Å². The topological polar surface area (TPSA) is 98.7 Å². The number of nitrogens with one attached hydrogen (secondary N) is 2. The van der Waals surface area contributed by atoms with Crippen molar-refractivity contribution in [2.45, 2.75) is 56.9 Å². The predicted molar refractivity (Wildman–Crippen MR) is 121 cm³/mol. The molecule has 1 unspecified atom stereocenters. The average molecular weight is 440 g/mol. The Bertz CT molecular complexity index is 891. The van der Waals surface area contributed by atoms with Gasteiger partial charge >= 0.3 is 7.12 Å². The molecule has 0 spiro atoms. The van der Waals surface area contributed by atoms with Gasteiger partial charge in [0.25, 0.3) is 5.91 Å². The Morgan fingerprint density at radius 1 is 1.00 bits per heavy atom. The zero-order valence-corrected chi connectivity index (χ0v) is 18.0. The van der Waals surface area contributed by atoms with Crippen LogP contribution in [0.2, 0.25) is 0 Å². The fraction of sp³-hybridized carbons (Fsp3) is 0.417. The van der Waals surface area contributed by atoms with Crippen LogP contribution in [0.1, 0.15) is 66.9 Å². The molecular formula is C24H30BFN2O4. The van der Waals surface area contributed by atoms with Crippen molar-refractivity contribution >= 4 is 18.9 Å². The molecule has 0 saturated heterocycles. The van der Waals surface area contributed by atoms with Gasteiger partial charge in [0.05, 0.1) is 18.4 Å². The summed E-state index contributed by atoms with van der Waals surface area (Å²) in [5, 5.41) is 25.1. The van der Waals surface area contributed by atoms with Crippen LogP contribution in [-0.2, 0) is 4.79 Å². The molecule has 170 valence electrons. The van der Waals surface area contributed by atoms with E-state index in [2.05, 4.69) is 10.6 Å². The zero-order chi connectivity index (χ0) is 22.9. The summed E-state index contributed by atoms with van der Waals surface area (Å²) in [5.74, 6) is -1.74. The molecule has 0 aliphatic heterocycles. The van der Waals surface area contributed by atoms with Gasteiger partial charge in [-0.3, -0.25) is 9.59 Å². The Hall–Kier alpha value is -2.71. The summed E-state index contributed by atoms with van der Waals surface area (Å²) < 4.78 is 13.8. The van der Waals surface area contributed by atoms with Crippen molar-refractivity contribution in [3.63, 3.8) is 0 Å². The molecule has 6 nitrogen and oxygen atoms in total. The summed E-state index contributed by atoms with van der Waals surface area (Å²) in [5.41, 5.74) is 0.882. The van der Waals surface area contributed by atoms with E-state index in [1.807, 2.05) is 0 Å². The highest BCUT2D eigenvalue weighted by molar-refractivity contribution is 6.43. The van der Waals surface area contributed by atoms with Gasteiger partial charge in [-0.25, -0.2) is 4.39 Å². The Morgan fingerprint density at radius 2 is 1.72 bits per heavy atom. The van der Waals surface area contributed by atoms with Crippen LogP contribution >= 0.6 is 0 Å². The molecule has 8 heteroatoms. The molecule has 3 rings (SSSR count). The molecule has 2 atom stereocenters. The van der Waals surface area contributed by atoms with Gasteiger partial charge in [-0.2, -0.15) is 0 Å². The molecule has 2 amide bonds. The van der Waals surface area contributed by atoms with Crippen molar-refractivity contribution < 1.29 is 24.0 Å². The third-order valence-corrected chi connectivity index (χ3v) is 6.00. The summed E-state index contributed by atoms with van der Waals surface area (Å²) in [6.07, 6.45) is 5.77. The highest BCUT2D eigenvalue weighted by Crippen LogP contribution is 2.28. The second kappa shape index (κ2) is 11.8. The molecule has 1 fully saturated rings. The second-order valence-corrected chi connectivity index (χ2v) is 8.48. The minimum atomic E-state index is -1.67. The molecule has 1 aliphatic rings. The van der Waals surface area contributed by atoms with Crippen molar-refractivity contribution in [1.82, 2.24) is 10.6 Å². The summed E-state index contributed by atoms with van der Waals surface area (Å²) >= 11 is 0. The van der Waals surface area contributed by atoms with Crippen molar-refractivity contribution in [1.29, 1.82) is 0 Å². The normalized spacial score (nSPS) is 16.1. The van der Waals surface area contributed by atoms with Crippen molar-refractivity contribution in [2.75, 3.05) is 0 Å². The first-order valence-electron chi connectivity index (χ1n) is 11.2. The lowest BCUT2D eigenvalue weighted by Gasteiger charge is -2.27. The first-order valence-corrected chi connectivity index (χ1v) is 11.2. The van der Waals surface area contributed by atoms with Gasteiger partial charge in [0.2, 0.25) is 5.91 Å². The molecule has 0 aromatic heterocycles. The molecule has 32 heavy (non-hydrogen) atoms. The lowest BCUT2D eigenvalue weighted by Crippen LogP contribution is -2.48. The number of amides is 2. The van der Waals surface area contributed by atoms with Gasteiger partial charge in [0, 0.05) is 5.56 Å². The van der Waals surface area contributed by atoms with Crippen molar-refractivity contribution in [2.24, 2.45) is 5.92 Å². The highest BCUT2D eigenvalue weighted by Gasteiger charge is 2.30. The van der Waals surface area contributed by atoms with Crippen molar-refractivity contribution in [3.8, 4) is 0 Å². The number of rotatable bonds is 9. The Morgan fingerprint density at radius 3 is 2.38 bits per heavy atom. The van der Waals surface area contributed by atoms with E-state index < -0.39 is 30.8 Å². The Kier molecular flexibility index (Phi) is 8.82. The molecule has 2 aromatic carbocycles. The van der Waals surface area contributed by atoms with E-state index in [1.165, 1.54) is 24.6 Å².